The predicted molar refractivity (Wildman–Crippen MR) is 86.9 cm³/mol. The van der Waals surface area contributed by atoms with Gasteiger partial charge in [-0.05, 0) is 25.8 Å². The van der Waals surface area contributed by atoms with Gasteiger partial charge in [0.2, 0.25) is 0 Å². The molecule has 118 valence electrons. The Morgan fingerprint density at radius 2 is 2.05 bits per heavy atom. The number of benzene rings is 1. The number of H-pyrrole nitrogens is 1. The molecule has 22 heavy (non-hydrogen) atoms. The predicted octanol–water partition coefficient (Wildman–Crippen LogP) is 2.04. The van der Waals surface area contributed by atoms with Crippen LogP contribution in [0, 0.1) is 13.8 Å². The number of nitrogens with zero attached hydrogens (tertiary/aromatic N) is 1. The number of aromatic amines is 1. The van der Waals surface area contributed by atoms with E-state index < -0.39 is 9.84 Å². The third-order valence-corrected chi connectivity index (χ3v) is 6.27. The van der Waals surface area contributed by atoms with Gasteiger partial charge in [-0.15, -0.1) is 0 Å². The Kier molecular flexibility index (Phi) is 3.51. The number of aromatic nitrogens is 1. The lowest BCUT2D eigenvalue weighted by molar-refractivity contribution is 0.0749. The van der Waals surface area contributed by atoms with Crippen molar-refractivity contribution in [2.45, 2.75) is 26.3 Å². The van der Waals surface area contributed by atoms with Crippen molar-refractivity contribution < 1.29 is 13.2 Å². The minimum absolute atomic E-state index is 0.0651. The second-order valence-corrected chi connectivity index (χ2v) is 8.32. The number of nitrogens with one attached hydrogen (secondary N) is 1. The highest BCUT2D eigenvalue weighted by molar-refractivity contribution is 7.91. The van der Waals surface area contributed by atoms with Crippen molar-refractivity contribution in [2.24, 2.45) is 0 Å². The van der Waals surface area contributed by atoms with E-state index >= 15 is 0 Å². The third-order valence-electron chi connectivity index (χ3n) is 4.52. The number of rotatable bonds is 2. The average molecular weight is 320 g/mol. The number of amides is 1. The zero-order valence-electron chi connectivity index (χ0n) is 13.0. The third kappa shape index (κ3) is 2.41. The quantitative estimate of drug-likeness (QED) is 0.920. The number of hydrogen-bond donors (Lipinski definition) is 1. The van der Waals surface area contributed by atoms with Crippen molar-refractivity contribution in [1.82, 2.24) is 9.88 Å². The Labute approximate surface area is 130 Å². The summed E-state index contributed by atoms with van der Waals surface area (Å²) in [5, 5.41) is 0.898. The summed E-state index contributed by atoms with van der Waals surface area (Å²) < 4.78 is 23.3. The fourth-order valence-corrected chi connectivity index (χ4v) is 4.97. The maximum atomic E-state index is 12.9. The number of sulfone groups is 1. The van der Waals surface area contributed by atoms with E-state index in [-0.39, 0.29) is 23.5 Å². The van der Waals surface area contributed by atoms with E-state index in [1.54, 1.807) is 11.9 Å². The van der Waals surface area contributed by atoms with Crippen LogP contribution in [0.15, 0.2) is 18.2 Å². The summed E-state index contributed by atoms with van der Waals surface area (Å²) in [6, 6.07) is 5.63. The van der Waals surface area contributed by atoms with Crippen molar-refractivity contribution in [3.63, 3.8) is 0 Å². The fraction of sp³-hybridized carbons (Fsp3) is 0.438. The van der Waals surface area contributed by atoms with E-state index in [2.05, 4.69) is 4.98 Å². The van der Waals surface area contributed by atoms with Gasteiger partial charge in [0.25, 0.3) is 5.91 Å². The Hall–Kier alpha value is -1.82. The molecule has 1 unspecified atom stereocenters. The Bertz CT molecular complexity index is 852. The van der Waals surface area contributed by atoms with Crippen molar-refractivity contribution in [3.05, 3.63) is 35.0 Å². The Morgan fingerprint density at radius 3 is 2.68 bits per heavy atom. The number of carbonyl (C=O) groups is 1. The molecule has 1 aromatic heterocycles. The van der Waals surface area contributed by atoms with Gasteiger partial charge in [0.15, 0.2) is 9.84 Å². The van der Waals surface area contributed by atoms with Crippen molar-refractivity contribution in [2.75, 3.05) is 18.6 Å². The van der Waals surface area contributed by atoms with Gasteiger partial charge in [0.1, 0.15) is 0 Å². The van der Waals surface area contributed by atoms with Crippen LogP contribution >= 0.6 is 0 Å². The van der Waals surface area contributed by atoms with Crippen LogP contribution in [0.25, 0.3) is 10.9 Å². The molecule has 0 bridgehead atoms. The van der Waals surface area contributed by atoms with E-state index in [0.29, 0.717) is 12.0 Å². The SMILES string of the molecule is Cc1[nH]c2c(C)cccc2c1C(=O)N(C)C1CCS(=O)(=O)C1. The maximum Gasteiger partial charge on any atom is 0.256 e. The molecular formula is C16H20N2O3S. The summed E-state index contributed by atoms with van der Waals surface area (Å²) >= 11 is 0. The highest BCUT2D eigenvalue weighted by atomic mass is 32.2. The molecule has 1 N–H and O–H groups in total. The molecule has 3 rings (SSSR count). The standard InChI is InChI=1S/C16H20N2O3S/c1-10-5-4-6-13-14(11(2)17-15(10)13)16(19)18(3)12-7-8-22(20,21)9-12/h4-6,12,17H,7-9H2,1-3H3. The summed E-state index contributed by atoms with van der Waals surface area (Å²) in [5.74, 6) is 0.119. The van der Waals surface area contributed by atoms with E-state index in [9.17, 15) is 13.2 Å². The van der Waals surface area contributed by atoms with Crippen LogP contribution < -0.4 is 0 Å². The Morgan fingerprint density at radius 1 is 1.32 bits per heavy atom. The molecule has 1 atom stereocenters. The summed E-state index contributed by atoms with van der Waals surface area (Å²) in [6.07, 6.45) is 0.519. The van der Waals surface area contributed by atoms with Crippen LogP contribution in [0.1, 0.15) is 28.0 Å². The largest absolute Gasteiger partial charge is 0.358 e. The van der Waals surface area contributed by atoms with Gasteiger partial charge in [0.05, 0.1) is 17.1 Å². The van der Waals surface area contributed by atoms with Crippen LogP contribution in [-0.2, 0) is 9.84 Å². The second kappa shape index (κ2) is 5.12. The lowest BCUT2D eigenvalue weighted by atomic mass is 10.1. The first-order valence-corrected chi connectivity index (χ1v) is 9.18. The molecule has 1 saturated heterocycles. The highest BCUT2D eigenvalue weighted by Gasteiger charge is 2.34. The number of fused-ring (bicyclic) bond motifs is 1. The van der Waals surface area contributed by atoms with Crippen molar-refractivity contribution in [1.29, 1.82) is 0 Å². The fourth-order valence-electron chi connectivity index (χ4n) is 3.19. The normalized spacial score (nSPS) is 20.4. The smallest absolute Gasteiger partial charge is 0.256 e. The van der Waals surface area contributed by atoms with Crippen molar-refractivity contribution in [3.8, 4) is 0 Å². The molecular weight excluding hydrogens is 300 g/mol. The minimum atomic E-state index is -3.00. The second-order valence-electron chi connectivity index (χ2n) is 6.10. The van der Waals surface area contributed by atoms with Gasteiger partial charge in [-0.25, -0.2) is 8.42 Å². The molecule has 2 heterocycles. The molecule has 1 amide bonds. The summed E-state index contributed by atoms with van der Waals surface area (Å²) in [6.45, 7) is 3.88. The summed E-state index contributed by atoms with van der Waals surface area (Å²) in [4.78, 5) is 17.7. The van der Waals surface area contributed by atoms with Crippen LogP contribution in [0.4, 0.5) is 0 Å². The van der Waals surface area contributed by atoms with E-state index in [1.807, 2.05) is 32.0 Å². The van der Waals surface area contributed by atoms with Crippen LogP contribution in [0.2, 0.25) is 0 Å². The minimum Gasteiger partial charge on any atom is -0.358 e. The molecule has 6 heteroatoms. The summed E-state index contributed by atoms with van der Waals surface area (Å²) in [7, 11) is -1.31. The molecule has 0 radical (unpaired) electrons. The van der Waals surface area contributed by atoms with Gasteiger partial charge < -0.3 is 9.88 Å². The first kappa shape index (κ1) is 15.1. The van der Waals surface area contributed by atoms with Crippen LogP contribution in [0.5, 0.6) is 0 Å². The van der Waals surface area contributed by atoms with E-state index in [0.717, 1.165) is 22.2 Å². The Balaban J connectivity index is 1.99. The van der Waals surface area contributed by atoms with Gasteiger partial charge in [-0.1, -0.05) is 18.2 Å². The average Bonchev–Trinajstić information content (AvgIpc) is 2.98. The number of carbonyl (C=O) groups excluding carboxylic acids is 1. The van der Waals surface area contributed by atoms with Gasteiger partial charge in [0, 0.05) is 29.7 Å². The molecule has 5 nitrogen and oxygen atoms in total. The monoisotopic (exact) mass is 320 g/mol. The van der Waals surface area contributed by atoms with E-state index in [4.69, 9.17) is 0 Å². The number of hydrogen-bond acceptors (Lipinski definition) is 3. The first-order valence-electron chi connectivity index (χ1n) is 7.35. The molecule has 2 aromatic rings. The topological polar surface area (TPSA) is 70.2 Å². The van der Waals surface area contributed by atoms with E-state index in [1.165, 1.54) is 0 Å². The molecule has 0 saturated carbocycles. The molecule has 1 aliphatic heterocycles. The molecule has 1 aromatic carbocycles. The lowest BCUT2D eigenvalue weighted by Crippen LogP contribution is -2.38. The van der Waals surface area contributed by atoms with Gasteiger partial charge in [-0.3, -0.25) is 4.79 Å². The molecule has 0 spiro atoms. The van der Waals surface area contributed by atoms with Gasteiger partial charge >= 0.3 is 0 Å². The van der Waals surface area contributed by atoms with Crippen molar-refractivity contribution >= 4 is 26.6 Å². The summed E-state index contributed by atoms with van der Waals surface area (Å²) in [5.41, 5.74) is 3.52. The van der Waals surface area contributed by atoms with Crippen LogP contribution in [-0.4, -0.2) is 48.8 Å². The number of para-hydroxylation sites is 1. The lowest BCUT2D eigenvalue weighted by Gasteiger charge is -2.23. The van der Waals surface area contributed by atoms with Gasteiger partial charge in [-0.2, -0.15) is 0 Å². The number of aryl methyl sites for hydroxylation is 2. The molecule has 1 aliphatic rings. The molecule has 1 fully saturated rings. The maximum absolute atomic E-state index is 12.9. The first-order chi connectivity index (χ1) is 10.3. The zero-order valence-corrected chi connectivity index (χ0v) is 13.8. The van der Waals surface area contributed by atoms with Crippen LogP contribution in [0.3, 0.4) is 0 Å². The zero-order chi connectivity index (χ0) is 16.1. The molecule has 0 aliphatic carbocycles. The highest BCUT2D eigenvalue weighted by Crippen LogP contribution is 2.27.